The predicted molar refractivity (Wildman–Crippen MR) is 103 cm³/mol. The molecule has 6 nitrogen and oxygen atoms in total. The summed E-state index contributed by atoms with van der Waals surface area (Å²) in [5, 5.41) is 13.8. The molecule has 6 heteroatoms. The van der Waals surface area contributed by atoms with Gasteiger partial charge < -0.3 is 10.0 Å². The Kier molecular flexibility index (Phi) is 5.25. The molecule has 0 bridgehead atoms. The molecular weight excluding hydrogens is 326 g/mol. The van der Waals surface area contributed by atoms with Gasteiger partial charge in [-0.2, -0.15) is 5.10 Å². The summed E-state index contributed by atoms with van der Waals surface area (Å²) >= 11 is 0. The van der Waals surface area contributed by atoms with Crippen molar-refractivity contribution in [2.45, 2.75) is 33.4 Å². The minimum Gasteiger partial charge on any atom is -0.394 e. The molecule has 0 saturated carbocycles. The van der Waals surface area contributed by atoms with E-state index < -0.39 is 0 Å². The van der Waals surface area contributed by atoms with E-state index >= 15 is 0 Å². The van der Waals surface area contributed by atoms with Crippen molar-refractivity contribution in [1.82, 2.24) is 24.2 Å². The Labute approximate surface area is 154 Å². The van der Waals surface area contributed by atoms with Crippen LogP contribution in [0.1, 0.15) is 29.9 Å². The van der Waals surface area contributed by atoms with Crippen molar-refractivity contribution in [1.29, 1.82) is 0 Å². The molecule has 1 aromatic carbocycles. The van der Waals surface area contributed by atoms with E-state index in [2.05, 4.69) is 64.8 Å². The molecule has 0 saturated heterocycles. The number of hydrogen-bond donors (Lipinski definition) is 1. The van der Waals surface area contributed by atoms with Gasteiger partial charge in [0.25, 0.3) is 0 Å². The first-order valence-electron chi connectivity index (χ1n) is 8.89. The fourth-order valence-corrected chi connectivity index (χ4v) is 3.25. The first-order chi connectivity index (χ1) is 12.4. The van der Waals surface area contributed by atoms with E-state index in [1.54, 1.807) is 0 Å². The molecule has 138 valence electrons. The molecule has 1 N–H and O–H groups in total. The summed E-state index contributed by atoms with van der Waals surface area (Å²) in [5.41, 5.74) is 5.32. The Morgan fingerprint density at radius 2 is 1.85 bits per heavy atom. The number of rotatable bonds is 6. The lowest BCUT2D eigenvalue weighted by Gasteiger charge is -2.20. The van der Waals surface area contributed by atoms with Gasteiger partial charge in [-0.15, -0.1) is 0 Å². The van der Waals surface area contributed by atoms with Gasteiger partial charge in [0.05, 0.1) is 30.2 Å². The van der Waals surface area contributed by atoms with Gasteiger partial charge in [0.1, 0.15) is 5.82 Å². The van der Waals surface area contributed by atoms with Gasteiger partial charge in [-0.25, -0.2) is 4.98 Å². The second-order valence-electron chi connectivity index (χ2n) is 6.85. The van der Waals surface area contributed by atoms with Crippen LogP contribution in [-0.2, 0) is 6.54 Å². The van der Waals surface area contributed by atoms with Crippen molar-refractivity contribution < 1.29 is 5.11 Å². The Morgan fingerprint density at radius 1 is 1.15 bits per heavy atom. The average molecular weight is 353 g/mol. The van der Waals surface area contributed by atoms with Gasteiger partial charge >= 0.3 is 0 Å². The fourth-order valence-electron chi connectivity index (χ4n) is 3.25. The van der Waals surface area contributed by atoms with E-state index in [-0.39, 0.29) is 6.61 Å². The molecule has 0 fully saturated rings. The van der Waals surface area contributed by atoms with Gasteiger partial charge in [-0.05, 0) is 40.4 Å². The standard InChI is InChI=1S/C20H27N5O/c1-14-19(16(3)25(22-14)12-13-26)24-11-10-21-20(24)18-8-6-17(7-9-18)15(2)23(4)5/h6-11,15,26H,12-13H2,1-5H3. The third kappa shape index (κ3) is 3.30. The van der Waals surface area contributed by atoms with E-state index in [1.807, 2.05) is 30.9 Å². The Hall–Kier alpha value is -2.44. The zero-order valence-electron chi connectivity index (χ0n) is 16.1. The summed E-state index contributed by atoms with van der Waals surface area (Å²) in [5.74, 6) is 0.892. The predicted octanol–water partition coefficient (Wildman–Crippen LogP) is 2.97. The minimum absolute atomic E-state index is 0.0731. The molecular formula is C20H27N5O. The van der Waals surface area contributed by atoms with Gasteiger partial charge in [-0.1, -0.05) is 24.3 Å². The number of aryl methyl sites for hydroxylation is 1. The first-order valence-corrected chi connectivity index (χ1v) is 8.89. The van der Waals surface area contributed by atoms with Crippen molar-refractivity contribution in [2.75, 3.05) is 20.7 Å². The van der Waals surface area contributed by atoms with Crippen LogP contribution in [0.3, 0.4) is 0 Å². The monoisotopic (exact) mass is 353 g/mol. The van der Waals surface area contributed by atoms with Gasteiger partial charge in [0.2, 0.25) is 0 Å². The molecule has 3 rings (SSSR count). The first kappa shape index (κ1) is 18.4. The molecule has 3 aromatic rings. The molecule has 2 heterocycles. The molecule has 0 aliphatic carbocycles. The Balaban J connectivity index is 2.00. The molecule has 1 atom stereocenters. The summed E-state index contributed by atoms with van der Waals surface area (Å²) in [6.07, 6.45) is 3.78. The normalized spacial score (nSPS) is 12.7. The molecule has 0 aliphatic rings. The lowest BCUT2D eigenvalue weighted by Crippen LogP contribution is -2.16. The molecule has 2 aromatic heterocycles. The van der Waals surface area contributed by atoms with Crippen LogP contribution < -0.4 is 0 Å². The number of aliphatic hydroxyl groups excluding tert-OH is 1. The number of aromatic nitrogens is 4. The van der Waals surface area contributed by atoms with E-state index in [9.17, 15) is 5.11 Å². The zero-order chi connectivity index (χ0) is 18.8. The second kappa shape index (κ2) is 7.43. The smallest absolute Gasteiger partial charge is 0.144 e. The zero-order valence-corrected chi connectivity index (χ0v) is 16.1. The van der Waals surface area contributed by atoms with Crippen LogP contribution >= 0.6 is 0 Å². The van der Waals surface area contributed by atoms with Crippen LogP contribution in [-0.4, -0.2) is 50.0 Å². The van der Waals surface area contributed by atoms with Gasteiger partial charge in [-0.3, -0.25) is 9.25 Å². The van der Waals surface area contributed by atoms with Crippen molar-refractivity contribution in [3.05, 3.63) is 53.6 Å². The molecule has 0 spiro atoms. The number of benzene rings is 1. The van der Waals surface area contributed by atoms with Crippen LogP contribution in [0.15, 0.2) is 36.7 Å². The van der Waals surface area contributed by atoms with Crippen LogP contribution in [0.5, 0.6) is 0 Å². The van der Waals surface area contributed by atoms with Crippen molar-refractivity contribution >= 4 is 0 Å². The average Bonchev–Trinajstić information content (AvgIpc) is 3.19. The lowest BCUT2D eigenvalue weighted by molar-refractivity contribution is 0.268. The summed E-state index contributed by atoms with van der Waals surface area (Å²) in [6, 6.07) is 8.93. The number of aliphatic hydroxyl groups is 1. The van der Waals surface area contributed by atoms with Crippen molar-refractivity contribution in [3.8, 4) is 17.1 Å². The highest BCUT2D eigenvalue weighted by molar-refractivity contribution is 5.60. The molecule has 0 amide bonds. The van der Waals surface area contributed by atoms with Gasteiger partial charge in [0.15, 0.2) is 0 Å². The van der Waals surface area contributed by atoms with E-state index in [0.29, 0.717) is 12.6 Å². The van der Waals surface area contributed by atoms with Crippen molar-refractivity contribution in [2.24, 2.45) is 0 Å². The second-order valence-corrected chi connectivity index (χ2v) is 6.85. The number of imidazole rings is 1. The maximum Gasteiger partial charge on any atom is 0.144 e. The highest BCUT2D eigenvalue weighted by Gasteiger charge is 2.17. The summed E-state index contributed by atoms with van der Waals surface area (Å²) in [6.45, 7) is 6.77. The number of hydrogen-bond acceptors (Lipinski definition) is 4. The topological polar surface area (TPSA) is 59.1 Å². The SMILES string of the molecule is Cc1nn(CCO)c(C)c1-n1ccnc1-c1ccc(C(C)N(C)C)cc1. The van der Waals surface area contributed by atoms with Crippen LogP contribution in [0.25, 0.3) is 17.1 Å². The van der Waals surface area contributed by atoms with Crippen molar-refractivity contribution in [3.63, 3.8) is 0 Å². The molecule has 1 unspecified atom stereocenters. The van der Waals surface area contributed by atoms with Crippen LogP contribution in [0.2, 0.25) is 0 Å². The fraction of sp³-hybridized carbons (Fsp3) is 0.400. The highest BCUT2D eigenvalue weighted by Crippen LogP contribution is 2.27. The largest absolute Gasteiger partial charge is 0.394 e. The maximum atomic E-state index is 9.23. The maximum absolute atomic E-state index is 9.23. The molecule has 0 radical (unpaired) electrons. The quantitative estimate of drug-likeness (QED) is 0.740. The molecule has 26 heavy (non-hydrogen) atoms. The lowest BCUT2D eigenvalue weighted by atomic mass is 10.1. The summed E-state index contributed by atoms with van der Waals surface area (Å²) in [4.78, 5) is 6.77. The highest BCUT2D eigenvalue weighted by atomic mass is 16.3. The third-order valence-corrected chi connectivity index (χ3v) is 4.96. The Morgan fingerprint density at radius 3 is 2.46 bits per heavy atom. The minimum atomic E-state index is 0.0731. The third-order valence-electron chi connectivity index (χ3n) is 4.96. The Bertz CT molecular complexity index is 876. The van der Waals surface area contributed by atoms with E-state index in [1.165, 1.54) is 5.56 Å². The van der Waals surface area contributed by atoms with Crippen LogP contribution in [0.4, 0.5) is 0 Å². The molecule has 0 aliphatic heterocycles. The summed E-state index contributed by atoms with van der Waals surface area (Å²) < 4.78 is 3.92. The van der Waals surface area contributed by atoms with E-state index in [4.69, 9.17) is 0 Å². The van der Waals surface area contributed by atoms with E-state index in [0.717, 1.165) is 28.5 Å². The number of nitrogens with zero attached hydrogens (tertiary/aromatic N) is 5. The van der Waals surface area contributed by atoms with Crippen LogP contribution in [0, 0.1) is 13.8 Å². The summed E-state index contributed by atoms with van der Waals surface area (Å²) in [7, 11) is 4.17. The van der Waals surface area contributed by atoms with Gasteiger partial charge in [0, 0.05) is 24.0 Å².